The van der Waals surface area contributed by atoms with Crippen molar-refractivity contribution in [1.29, 1.82) is 0 Å². The molecule has 7 N–H and O–H groups in total. The van der Waals surface area contributed by atoms with Crippen LogP contribution in [0.15, 0.2) is 35.8 Å². The van der Waals surface area contributed by atoms with E-state index in [4.69, 9.17) is 11.5 Å². The van der Waals surface area contributed by atoms with Crippen molar-refractivity contribution < 1.29 is 9.50 Å². The first kappa shape index (κ1) is 18.9. The second kappa shape index (κ2) is 7.89. The van der Waals surface area contributed by atoms with Crippen LogP contribution >= 0.6 is 0 Å². The predicted octanol–water partition coefficient (Wildman–Crippen LogP) is 0.300. The number of piperidine rings is 1. The molecule has 3 aliphatic heterocycles. The number of benzene rings is 1. The van der Waals surface area contributed by atoms with Gasteiger partial charge in [-0.25, -0.2) is 4.39 Å². The highest BCUT2D eigenvalue weighted by atomic mass is 19.1. The van der Waals surface area contributed by atoms with Crippen molar-refractivity contribution in [2.24, 2.45) is 11.5 Å². The zero-order valence-electron chi connectivity index (χ0n) is 16.0. The number of nitrogens with two attached hydrogens (primary N) is 2. The highest BCUT2D eigenvalue weighted by molar-refractivity contribution is 5.70. The third kappa shape index (κ3) is 3.74. The normalized spacial score (nSPS) is 24.8. The van der Waals surface area contributed by atoms with Crippen LogP contribution in [-0.2, 0) is 0 Å². The number of aromatic hydroxyl groups is 1. The molecule has 0 spiro atoms. The van der Waals surface area contributed by atoms with E-state index >= 15 is 0 Å². The Balaban J connectivity index is 1.54. The third-order valence-electron chi connectivity index (χ3n) is 6.01. The van der Waals surface area contributed by atoms with Crippen molar-refractivity contribution >= 4 is 5.70 Å². The van der Waals surface area contributed by atoms with Gasteiger partial charge in [-0.05, 0) is 50.2 Å². The molecule has 2 fully saturated rings. The van der Waals surface area contributed by atoms with E-state index in [9.17, 15) is 9.50 Å². The topological polar surface area (TPSA) is 103 Å². The van der Waals surface area contributed by atoms with E-state index in [2.05, 4.69) is 20.4 Å². The first-order chi connectivity index (χ1) is 13.5. The number of rotatable bonds is 3. The van der Waals surface area contributed by atoms with Crippen molar-refractivity contribution in [2.45, 2.75) is 24.9 Å². The summed E-state index contributed by atoms with van der Waals surface area (Å²) in [6.45, 7) is 5.79. The smallest absolute Gasteiger partial charge is 0.125 e. The van der Waals surface area contributed by atoms with Crippen molar-refractivity contribution in [1.82, 2.24) is 20.4 Å². The SMILES string of the molecule is NC1=C(/C=C(\N)c2cc(F)ccc2O)N2CCN(C3CCNCC3)CC2CN1. The van der Waals surface area contributed by atoms with Crippen molar-refractivity contribution in [3.63, 3.8) is 0 Å². The van der Waals surface area contributed by atoms with Crippen LogP contribution in [-0.4, -0.2) is 66.3 Å². The summed E-state index contributed by atoms with van der Waals surface area (Å²) in [5, 5.41) is 16.7. The molecule has 2 saturated heterocycles. The summed E-state index contributed by atoms with van der Waals surface area (Å²) in [5.74, 6) is 0.0668. The summed E-state index contributed by atoms with van der Waals surface area (Å²) in [4.78, 5) is 4.88. The van der Waals surface area contributed by atoms with Crippen LogP contribution in [0, 0.1) is 5.82 Å². The summed E-state index contributed by atoms with van der Waals surface area (Å²) in [7, 11) is 0. The number of halogens is 1. The van der Waals surface area contributed by atoms with E-state index in [1.807, 2.05) is 0 Å². The van der Waals surface area contributed by atoms with Crippen molar-refractivity contribution in [3.05, 3.63) is 47.2 Å². The number of nitrogens with zero attached hydrogens (tertiary/aromatic N) is 2. The number of phenolic OH excluding ortho intramolecular Hbond substituents is 1. The Morgan fingerprint density at radius 2 is 2.00 bits per heavy atom. The Kier molecular flexibility index (Phi) is 5.32. The van der Waals surface area contributed by atoms with Crippen LogP contribution in [0.3, 0.4) is 0 Å². The summed E-state index contributed by atoms with van der Waals surface area (Å²) in [5.41, 5.74) is 13.8. The highest BCUT2D eigenvalue weighted by Crippen LogP contribution is 2.28. The molecule has 0 bridgehead atoms. The van der Waals surface area contributed by atoms with E-state index < -0.39 is 5.82 Å². The number of phenols is 1. The lowest BCUT2D eigenvalue weighted by Gasteiger charge is -2.49. The number of fused-ring (bicyclic) bond motifs is 1. The standard InChI is InChI=1S/C20H29FN6O/c21-13-1-2-19(28)16(9-13)17(22)10-18-20(23)25-11-15-12-26(7-8-27(15)18)14-3-5-24-6-4-14/h1-2,9-10,14-15,24-25,28H,3-8,11-12,22-23H2/b17-10-. The largest absolute Gasteiger partial charge is 0.507 e. The van der Waals surface area contributed by atoms with E-state index in [0.717, 1.165) is 45.0 Å². The van der Waals surface area contributed by atoms with E-state index in [0.29, 0.717) is 17.9 Å². The lowest BCUT2D eigenvalue weighted by atomic mass is 10.00. The second-order valence-corrected chi connectivity index (χ2v) is 7.76. The van der Waals surface area contributed by atoms with Gasteiger partial charge in [0.15, 0.2) is 0 Å². The molecule has 0 radical (unpaired) electrons. The number of piperazine rings is 1. The molecule has 28 heavy (non-hydrogen) atoms. The molecule has 3 aliphatic rings. The lowest BCUT2D eigenvalue weighted by Crippen LogP contribution is -2.61. The Bertz CT molecular complexity index is 789. The monoisotopic (exact) mass is 388 g/mol. The number of hydrogen-bond donors (Lipinski definition) is 5. The summed E-state index contributed by atoms with van der Waals surface area (Å²) in [6, 6.07) is 4.69. The van der Waals surface area contributed by atoms with Gasteiger partial charge in [0.2, 0.25) is 0 Å². The minimum atomic E-state index is -0.443. The van der Waals surface area contributed by atoms with E-state index in [-0.39, 0.29) is 17.0 Å². The van der Waals surface area contributed by atoms with Crippen molar-refractivity contribution in [3.8, 4) is 5.75 Å². The second-order valence-electron chi connectivity index (χ2n) is 7.76. The van der Waals surface area contributed by atoms with E-state index in [1.165, 1.54) is 31.0 Å². The third-order valence-corrected chi connectivity index (χ3v) is 6.01. The van der Waals surface area contributed by atoms with Gasteiger partial charge in [-0.3, -0.25) is 4.90 Å². The summed E-state index contributed by atoms with van der Waals surface area (Å²) >= 11 is 0. The molecule has 1 aromatic carbocycles. The molecule has 8 heteroatoms. The van der Waals surface area contributed by atoms with Gasteiger partial charge in [0.25, 0.3) is 0 Å². The maximum absolute atomic E-state index is 13.6. The Labute approximate surface area is 164 Å². The number of hydrogen-bond acceptors (Lipinski definition) is 7. The molecule has 4 rings (SSSR count). The first-order valence-corrected chi connectivity index (χ1v) is 9.94. The minimum absolute atomic E-state index is 0.0506. The van der Waals surface area contributed by atoms with Crippen LogP contribution in [0.2, 0.25) is 0 Å². The van der Waals surface area contributed by atoms with Crippen LogP contribution in [0.4, 0.5) is 4.39 Å². The van der Waals surface area contributed by atoms with Crippen LogP contribution in [0.5, 0.6) is 5.75 Å². The summed E-state index contributed by atoms with van der Waals surface area (Å²) < 4.78 is 13.6. The molecule has 0 saturated carbocycles. The molecular formula is C20H29FN6O. The Morgan fingerprint density at radius 3 is 2.79 bits per heavy atom. The lowest BCUT2D eigenvalue weighted by molar-refractivity contribution is 0.0538. The zero-order valence-corrected chi connectivity index (χ0v) is 16.0. The quantitative estimate of drug-likeness (QED) is 0.508. The number of nitrogens with one attached hydrogen (secondary N) is 2. The molecule has 7 nitrogen and oxygen atoms in total. The van der Waals surface area contributed by atoms with Gasteiger partial charge in [-0.2, -0.15) is 0 Å². The van der Waals surface area contributed by atoms with Gasteiger partial charge in [-0.15, -0.1) is 0 Å². The molecule has 1 aromatic rings. The molecule has 1 atom stereocenters. The maximum atomic E-state index is 13.6. The molecule has 1 unspecified atom stereocenters. The van der Waals surface area contributed by atoms with Gasteiger partial charge in [0.05, 0.1) is 11.7 Å². The zero-order chi connectivity index (χ0) is 19.7. The summed E-state index contributed by atoms with van der Waals surface area (Å²) in [6.07, 6.45) is 4.12. The highest BCUT2D eigenvalue weighted by Gasteiger charge is 2.34. The molecule has 0 aliphatic carbocycles. The molecular weight excluding hydrogens is 359 g/mol. The van der Waals surface area contributed by atoms with Gasteiger partial charge in [0, 0.05) is 43.5 Å². The average molecular weight is 388 g/mol. The maximum Gasteiger partial charge on any atom is 0.125 e. The molecule has 3 heterocycles. The van der Waals surface area contributed by atoms with Crippen LogP contribution in [0.25, 0.3) is 5.70 Å². The van der Waals surface area contributed by atoms with Crippen molar-refractivity contribution in [2.75, 3.05) is 39.3 Å². The van der Waals surface area contributed by atoms with E-state index in [1.54, 1.807) is 6.08 Å². The van der Waals surface area contributed by atoms with Crippen LogP contribution < -0.4 is 22.1 Å². The van der Waals surface area contributed by atoms with Gasteiger partial charge in [0.1, 0.15) is 17.4 Å². The fourth-order valence-electron chi connectivity index (χ4n) is 4.47. The van der Waals surface area contributed by atoms with Gasteiger partial charge < -0.3 is 32.1 Å². The minimum Gasteiger partial charge on any atom is -0.507 e. The van der Waals surface area contributed by atoms with Gasteiger partial charge in [-0.1, -0.05) is 0 Å². The molecule has 0 amide bonds. The fraction of sp³-hybridized carbons (Fsp3) is 0.500. The predicted molar refractivity (Wildman–Crippen MR) is 107 cm³/mol. The fourth-order valence-corrected chi connectivity index (χ4v) is 4.47. The molecule has 152 valence electrons. The Morgan fingerprint density at radius 1 is 1.21 bits per heavy atom. The first-order valence-electron chi connectivity index (χ1n) is 9.94. The van der Waals surface area contributed by atoms with Crippen LogP contribution in [0.1, 0.15) is 18.4 Å². The van der Waals surface area contributed by atoms with Gasteiger partial charge >= 0.3 is 0 Å². The number of allylic oxidation sites excluding steroid dienone is 1. The average Bonchev–Trinajstić information content (AvgIpc) is 2.72. The Hall–Kier alpha value is -2.45. The molecule has 0 aromatic heterocycles.